The van der Waals surface area contributed by atoms with E-state index in [9.17, 15) is 9.59 Å². The number of benzene rings is 3. The largest absolute Gasteiger partial charge is 0.336 e. The molecule has 0 saturated heterocycles. The van der Waals surface area contributed by atoms with Gasteiger partial charge in [-0.2, -0.15) is 5.10 Å². The van der Waals surface area contributed by atoms with Crippen molar-refractivity contribution in [2.75, 3.05) is 6.54 Å². The molecule has 0 radical (unpaired) electrons. The van der Waals surface area contributed by atoms with Crippen LogP contribution in [0.3, 0.4) is 0 Å². The van der Waals surface area contributed by atoms with E-state index >= 15 is 0 Å². The summed E-state index contributed by atoms with van der Waals surface area (Å²) >= 11 is 0. The summed E-state index contributed by atoms with van der Waals surface area (Å²) in [5.74, 6) is -0.0887. The Kier molecular flexibility index (Phi) is 4.64. The third kappa shape index (κ3) is 3.39. The molecule has 5 rings (SSSR count). The quantitative estimate of drug-likeness (QED) is 0.532. The SMILES string of the molecule is O=C(Cn1nc(-c2cccc3ccccc23)ccc1=O)N1CCc2ccccc2C1. The summed E-state index contributed by atoms with van der Waals surface area (Å²) in [6, 6.07) is 25.5. The first-order valence-corrected chi connectivity index (χ1v) is 10.1. The van der Waals surface area contributed by atoms with Crippen molar-refractivity contribution in [3.63, 3.8) is 0 Å². The van der Waals surface area contributed by atoms with Crippen LogP contribution in [0.4, 0.5) is 0 Å². The molecule has 0 N–H and O–H groups in total. The number of fused-ring (bicyclic) bond motifs is 2. The lowest BCUT2D eigenvalue weighted by Crippen LogP contribution is -2.40. The maximum Gasteiger partial charge on any atom is 0.267 e. The minimum Gasteiger partial charge on any atom is -0.336 e. The van der Waals surface area contributed by atoms with Gasteiger partial charge in [0.1, 0.15) is 6.54 Å². The van der Waals surface area contributed by atoms with Crippen molar-refractivity contribution in [2.45, 2.75) is 19.5 Å². The van der Waals surface area contributed by atoms with E-state index in [4.69, 9.17) is 0 Å². The summed E-state index contributed by atoms with van der Waals surface area (Å²) < 4.78 is 1.28. The summed E-state index contributed by atoms with van der Waals surface area (Å²) in [5.41, 5.74) is 3.81. The van der Waals surface area contributed by atoms with Gasteiger partial charge in [-0.1, -0.05) is 66.7 Å². The van der Waals surface area contributed by atoms with Crippen molar-refractivity contribution in [1.82, 2.24) is 14.7 Å². The van der Waals surface area contributed by atoms with Gasteiger partial charge in [-0.05, 0) is 34.4 Å². The molecule has 0 unspecified atom stereocenters. The number of carbonyl (C=O) groups excluding carboxylic acids is 1. The minimum absolute atomic E-state index is 0.0559. The molecule has 5 heteroatoms. The Bertz CT molecular complexity index is 1300. The Morgan fingerprint density at radius 1 is 0.867 bits per heavy atom. The van der Waals surface area contributed by atoms with Crippen molar-refractivity contribution >= 4 is 16.7 Å². The first-order valence-electron chi connectivity index (χ1n) is 10.1. The molecular formula is C25H21N3O2. The number of hydrogen-bond acceptors (Lipinski definition) is 3. The van der Waals surface area contributed by atoms with Gasteiger partial charge in [-0.15, -0.1) is 0 Å². The topological polar surface area (TPSA) is 55.2 Å². The van der Waals surface area contributed by atoms with E-state index in [1.165, 1.54) is 21.9 Å². The van der Waals surface area contributed by atoms with Gasteiger partial charge < -0.3 is 4.90 Å². The predicted molar refractivity (Wildman–Crippen MR) is 117 cm³/mol. The molecule has 5 nitrogen and oxygen atoms in total. The second kappa shape index (κ2) is 7.59. The number of rotatable bonds is 3. The van der Waals surface area contributed by atoms with Crippen LogP contribution in [0.5, 0.6) is 0 Å². The Labute approximate surface area is 174 Å². The predicted octanol–water partition coefficient (Wildman–Crippen LogP) is 3.65. The first kappa shape index (κ1) is 18.3. The highest BCUT2D eigenvalue weighted by Crippen LogP contribution is 2.26. The fourth-order valence-electron chi connectivity index (χ4n) is 4.09. The van der Waals surface area contributed by atoms with Crippen molar-refractivity contribution in [3.05, 3.63) is 100 Å². The van der Waals surface area contributed by atoms with Crippen molar-refractivity contribution in [3.8, 4) is 11.3 Å². The molecule has 2 heterocycles. The Hall–Kier alpha value is -3.73. The molecule has 30 heavy (non-hydrogen) atoms. The van der Waals surface area contributed by atoms with Crippen molar-refractivity contribution in [2.24, 2.45) is 0 Å². The van der Waals surface area contributed by atoms with Crippen LogP contribution in [-0.2, 0) is 24.3 Å². The fourth-order valence-corrected chi connectivity index (χ4v) is 4.09. The number of carbonyl (C=O) groups is 1. The van der Waals surface area contributed by atoms with Crippen molar-refractivity contribution in [1.29, 1.82) is 0 Å². The van der Waals surface area contributed by atoms with E-state index in [2.05, 4.69) is 17.2 Å². The van der Waals surface area contributed by atoms with Gasteiger partial charge in [0, 0.05) is 24.7 Å². The molecule has 1 aliphatic heterocycles. The molecule has 0 bridgehead atoms. The molecule has 3 aromatic carbocycles. The van der Waals surface area contributed by atoms with Gasteiger partial charge in [0.05, 0.1) is 5.69 Å². The lowest BCUT2D eigenvalue weighted by molar-refractivity contribution is -0.133. The molecule has 0 saturated carbocycles. The lowest BCUT2D eigenvalue weighted by Gasteiger charge is -2.29. The maximum absolute atomic E-state index is 12.9. The summed E-state index contributed by atoms with van der Waals surface area (Å²) in [5, 5.41) is 6.70. The molecule has 1 aromatic heterocycles. The highest BCUT2D eigenvalue weighted by atomic mass is 16.2. The first-order chi connectivity index (χ1) is 14.7. The maximum atomic E-state index is 12.9. The Morgan fingerprint density at radius 2 is 1.63 bits per heavy atom. The molecule has 1 aliphatic rings. The smallest absolute Gasteiger partial charge is 0.267 e. The highest BCUT2D eigenvalue weighted by Gasteiger charge is 2.21. The van der Waals surface area contributed by atoms with Crippen LogP contribution >= 0.6 is 0 Å². The number of amides is 1. The van der Waals surface area contributed by atoms with Gasteiger partial charge in [0.15, 0.2) is 0 Å². The second-order valence-electron chi connectivity index (χ2n) is 7.58. The third-order valence-corrected chi connectivity index (χ3v) is 5.70. The van der Waals surface area contributed by atoms with Crippen LogP contribution in [0.1, 0.15) is 11.1 Å². The van der Waals surface area contributed by atoms with Crippen LogP contribution in [-0.4, -0.2) is 27.1 Å². The van der Waals surface area contributed by atoms with Crippen LogP contribution in [0.2, 0.25) is 0 Å². The molecule has 148 valence electrons. The lowest BCUT2D eigenvalue weighted by atomic mass is 10.00. The van der Waals surface area contributed by atoms with E-state index in [-0.39, 0.29) is 18.0 Å². The van der Waals surface area contributed by atoms with Gasteiger partial charge in [-0.3, -0.25) is 9.59 Å². The minimum atomic E-state index is -0.273. The summed E-state index contributed by atoms with van der Waals surface area (Å²) in [4.78, 5) is 27.1. The third-order valence-electron chi connectivity index (χ3n) is 5.70. The molecule has 0 spiro atoms. The molecule has 0 atom stereocenters. The standard InChI is InChI=1S/C25H21N3O2/c29-24-13-12-23(22-11-5-9-19-7-3-4-10-21(19)22)26-28(24)17-25(30)27-15-14-18-6-1-2-8-20(18)16-27/h1-13H,14-17H2. The summed E-state index contributed by atoms with van der Waals surface area (Å²) in [7, 11) is 0. The van der Waals surface area contributed by atoms with E-state index in [1.54, 1.807) is 11.0 Å². The highest BCUT2D eigenvalue weighted by molar-refractivity contribution is 5.95. The number of nitrogens with zero attached hydrogens (tertiary/aromatic N) is 3. The van der Waals surface area contributed by atoms with Crippen LogP contribution in [0.15, 0.2) is 83.7 Å². The second-order valence-corrected chi connectivity index (χ2v) is 7.58. The molecule has 0 aliphatic carbocycles. The molecule has 0 fully saturated rings. The fraction of sp³-hybridized carbons (Fsp3) is 0.160. The van der Waals surface area contributed by atoms with Gasteiger partial charge in [0.2, 0.25) is 5.91 Å². The van der Waals surface area contributed by atoms with Crippen LogP contribution < -0.4 is 5.56 Å². The molecular weight excluding hydrogens is 374 g/mol. The zero-order chi connectivity index (χ0) is 20.5. The van der Waals surface area contributed by atoms with Crippen molar-refractivity contribution < 1.29 is 4.79 Å². The Morgan fingerprint density at radius 3 is 2.53 bits per heavy atom. The average molecular weight is 395 g/mol. The van der Waals surface area contributed by atoms with Gasteiger partial charge >= 0.3 is 0 Å². The van der Waals surface area contributed by atoms with E-state index < -0.39 is 0 Å². The van der Waals surface area contributed by atoms with Crippen LogP contribution in [0, 0.1) is 0 Å². The molecule has 4 aromatic rings. The van der Waals surface area contributed by atoms with E-state index in [0.29, 0.717) is 18.8 Å². The average Bonchev–Trinajstić information content (AvgIpc) is 2.80. The number of aromatic nitrogens is 2. The monoisotopic (exact) mass is 395 g/mol. The van der Waals surface area contributed by atoms with E-state index in [1.807, 2.05) is 54.6 Å². The molecule has 1 amide bonds. The summed E-state index contributed by atoms with van der Waals surface area (Å²) in [6.07, 6.45) is 0.834. The van der Waals surface area contributed by atoms with Gasteiger partial charge in [-0.25, -0.2) is 4.68 Å². The number of hydrogen-bond donors (Lipinski definition) is 0. The zero-order valence-electron chi connectivity index (χ0n) is 16.5. The van der Waals surface area contributed by atoms with E-state index in [0.717, 1.165) is 22.8 Å². The Balaban J connectivity index is 1.43. The van der Waals surface area contributed by atoms with Gasteiger partial charge in [0.25, 0.3) is 5.56 Å². The van der Waals surface area contributed by atoms with Crippen LogP contribution in [0.25, 0.3) is 22.0 Å². The summed E-state index contributed by atoms with van der Waals surface area (Å²) in [6.45, 7) is 1.18. The zero-order valence-corrected chi connectivity index (χ0v) is 16.5. The normalized spacial score (nSPS) is 13.3.